The highest BCUT2D eigenvalue weighted by atomic mass is 32.1. The maximum atomic E-state index is 12.1. The molecule has 19 heavy (non-hydrogen) atoms. The number of nitrogens with one attached hydrogen (secondary N) is 1. The predicted octanol–water partition coefficient (Wildman–Crippen LogP) is 2.53. The molecule has 0 aliphatic carbocycles. The molecule has 0 aliphatic heterocycles. The average molecular weight is 274 g/mol. The first-order chi connectivity index (χ1) is 8.93. The Bertz CT molecular complexity index is 690. The van der Waals surface area contributed by atoms with Crippen molar-refractivity contribution >= 4 is 22.2 Å². The number of amides is 1. The number of anilines is 1. The lowest BCUT2D eigenvalue weighted by molar-refractivity contribution is 0.102. The van der Waals surface area contributed by atoms with Crippen LogP contribution in [-0.4, -0.2) is 15.7 Å². The zero-order chi connectivity index (χ0) is 14.2. The molecule has 98 valence electrons. The highest BCUT2D eigenvalue weighted by molar-refractivity contribution is 7.16. The van der Waals surface area contributed by atoms with E-state index in [9.17, 15) is 4.79 Å². The van der Waals surface area contributed by atoms with Crippen molar-refractivity contribution in [2.75, 3.05) is 5.32 Å². The van der Waals surface area contributed by atoms with Gasteiger partial charge in [0.1, 0.15) is 11.1 Å². The minimum atomic E-state index is -0.282. The number of aromatic nitrogens is 2. The van der Waals surface area contributed by atoms with E-state index in [1.165, 1.54) is 11.3 Å². The third-order valence-corrected chi connectivity index (χ3v) is 4.07. The van der Waals surface area contributed by atoms with Crippen LogP contribution in [0.5, 0.6) is 0 Å². The zero-order valence-electron chi connectivity index (χ0n) is 11.2. The quantitative estimate of drug-likeness (QED) is 0.914. The van der Waals surface area contributed by atoms with Gasteiger partial charge >= 0.3 is 0 Å². The summed E-state index contributed by atoms with van der Waals surface area (Å²) in [7, 11) is 1.77. The summed E-state index contributed by atoms with van der Waals surface area (Å²) in [5, 5.41) is 16.6. The van der Waals surface area contributed by atoms with E-state index in [4.69, 9.17) is 5.26 Å². The number of aryl methyl sites for hydroxylation is 3. The minimum absolute atomic E-state index is 0.282. The molecule has 0 spiro atoms. The molecule has 0 aliphatic rings. The van der Waals surface area contributed by atoms with Crippen LogP contribution in [0.4, 0.5) is 5.00 Å². The van der Waals surface area contributed by atoms with Gasteiger partial charge in [-0.1, -0.05) is 0 Å². The van der Waals surface area contributed by atoms with Gasteiger partial charge in [-0.05, 0) is 26.3 Å². The second-order valence-corrected chi connectivity index (χ2v) is 5.61. The number of hydrogen-bond acceptors (Lipinski definition) is 4. The van der Waals surface area contributed by atoms with Gasteiger partial charge in [0.2, 0.25) is 0 Å². The monoisotopic (exact) mass is 274 g/mol. The van der Waals surface area contributed by atoms with E-state index in [1.54, 1.807) is 17.9 Å². The lowest BCUT2D eigenvalue weighted by Gasteiger charge is -2.01. The Kier molecular flexibility index (Phi) is 3.40. The number of nitriles is 1. The smallest absolute Gasteiger partial charge is 0.277 e. The van der Waals surface area contributed by atoms with Crippen molar-refractivity contribution in [3.05, 3.63) is 33.5 Å². The minimum Gasteiger partial charge on any atom is -0.311 e. The molecule has 0 unspecified atom stereocenters. The van der Waals surface area contributed by atoms with Crippen LogP contribution in [0.3, 0.4) is 0 Å². The van der Waals surface area contributed by atoms with Crippen LogP contribution < -0.4 is 5.32 Å². The Labute approximate surface area is 115 Å². The molecule has 0 bridgehead atoms. The van der Waals surface area contributed by atoms with E-state index in [1.807, 2.05) is 20.8 Å². The number of nitrogens with zero attached hydrogens (tertiary/aromatic N) is 3. The summed E-state index contributed by atoms with van der Waals surface area (Å²) in [6, 6.07) is 2.13. The molecule has 2 aromatic rings. The van der Waals surface area contributed by atoms with Crippen LogP contribution in [0.25, 0.3) is 0 Å². The first kappa shape index (κ1) is 13.3. The fraction of sp³-hybridized carbons (Fsp3) is 0.308. The van der Waals surface area contributed by atoms with Crippen molar-refractivity contribution in [1.82, 2.24) is 9.78 Å². The third-order valence-electron chi connectivity index (χ3n) is 2.95. The summed E-state index contributed by atoms with van der Waals surface area (Å²) in [5.74, 6) is -0.282. The van der Waals surface area contributed by atoms with Gasteiger partial charge in [-0.25, -0.2) is 0 Å². The Morgan fingerprint density at radius 2 is 2.16 bits per heavy atom. The van der Waals surface area contributed by atoms with Gasteiger partial charge < -0.3 is 5.32 Å². The standard InChI is InChI=1S/C13H14N4OS/c1-7-6-17(4)16-11(7)12(18)15-13-10(5-14)8(2)9(3)19-13/h6H,1-4H3,(H,15,18). The van der Waals surface area contributed by atoms with Crippen molar-refractivity contribution in [3.63, 3.8) is 0 Å². The van der Waals surface area contributed by atoms with Crippen LogP contribution in [0, 0.1) is 32.1 Å². The maximum absolute atomic E-state index is 12.1. The molecule has 0 aromatic carbocycles. The van der Waals surface area contributed by atoms with Gasteiger partial charge in [0.25, 0.3) is 5.91 Å². The molecule has 0 saturated heterocycles. The van der Waals surface area contributed by atoms with E-state index < -0.39 is 0 Å². The number of carbonyl (C=O) groups is 1. The van der Waals surface area contributed by atoms with Crippen molar-refractivity contribution in [2.45, 2.75) is 20.8 Å². The molecular weight excluding hydrogens is 260 g/mol. The Morgan fingerprint density at radius 3 is 2.68 bits per heavy atom. The summed E-state index contributed by atoms with van der Waals surface area (Å²) in [5.41, 5.74) is 2.64. The van der Waals surface area contributed by atoms with Crippen LogP contribution in [0.2, 0.25) is 0 Å². The molecule has 2 heterocycles. The molecule has 0 atom stereocenters. The van der Waals surface area contributed by atoms with Crippen LogP contribution in [-0.2, 0) is 7.05 Å². The Morgan fingerprint density at radius 1 is 1.47 bits per heavy atom. The molecule has 0 radical (unpaired) electrons. The van der Waals surface area contributed by atoms with Crippen LogP contribution >= 0.6 is 11.3 Å². The molecule has 5 nitrogen and oxygen atoms in total. The van der Waals surface area contributed by atoms with Crippen molar-refractivity contribution in [2.24, 2.45) is 7.05 Å². The average Bonchev–Trinajstić information content (AvgIpc) is 2.80. The highest BCUT2D eigenvalue weighted by Gasteiger charge is 2.18. The lowest BCUT2D eigenvalue weighted by atomic mass is 10.2. The summed E-state index contributed by atoms with van der Waals surface area (Å²) in [6.07, 6.45) is 1.78. The van der Waals surface area contributed by atoms with E-state index in [2.05, 4.69) is 16.5 Å². The first-order valence-corrected chi connectivity index (χ1v) is 6.57. The lowest BCUT2D eigenvalue weighted by Crippen LogP contribution is -2.14. The SMILES string of the molecule is Cc1cn(C)nc1C(=O)Nc1sc(C)c(C)c1C#N. The van der Waals surface area contributed by atoms with E-state index in [0.29, 0.717) is 16.3 Å². The molecule has 2 rings (SSSR count). The molecule has 2 aromatic heterocycles. The zero-order valence-corrected chi connectivity index (χ0v) is 12.1. The molecule has 6 heteroatoms. The number of carbonyl (C=O) groups excluding carboxylic acids is 1. The van der Waals surface area contributed by atoms with Gasteiger partial charge in [-0.3, -0.25) is 9.48 Å². The fourth-order valence-electron chi connectivity index (χ4n) is 1.84. The van der Waals surface area contributed by atoms with Gasteiger partial charge in [0, 0.05) is 23.7 Å². The maximum Gasteiger partial charge on any atom is 0.277 e. The van der Waals surface area contributed by atoms with E-state index in [-0.39, 0.29) is 5.91 Å². The second kappa shape index (κ2) is 4.86. The van der Waals surface area contributed by atoms with Gasteiger partial charge in [0.05, 0.1) is 5.56 Å². The summed E-state index contributed by atoms with van der Waals surface area (Å²) in [6.45, 7) is 5.65. The first-order valence-electron chi connectivity index (χ1n) is 5.75. The largest absolute Gasteiger partial charge is 0.311 e. The van der Waals surface area contributed by atoms with Crippen LogP contribution in [0.15, 0.2) is 6.20 Å². The van der Waals surface area contributed by atoms with E-state index >= 15 is 0 Å². The summed E-state index contributed by atoms with van der Waals surface area (Å²) in [4.78, 5) is 13.2. The molecular formula is C13H14N4OS. The molecule has 1 amide bonds. The topological polar surface area (TPSA) is 70.7 Å². The Balaban J connectivity index is 2.32. The molecule has 0 fully saturated rings. The number of thiophene rings is 1. The van der Waals surface area contributed by atoms with E-state index in [0.717, 1.165) is 16.0 Å². The molecule has 0 saturated carbocycles. The van der Waals surface area contributed by atoms with Gasteiger partial charge in [-0.2, -0.15) is 10.4 Å². The Hall–Kier alpha value is -2.13. The number of hydrogen-bond donors (Lipinski definition) is 1. The van der Waals surface area contributed by atoms with Crippen molar-refractivity contribution in [1.29, 1.82) is 5.26 Å². The summed E-state index contributed by atoms with van der Waals surface area (Å²) < 4.78 is 1.60. The van der Waals surface area contributed by atoms with Crippen molar-refractivity contribution in [3.8, 4) is 6.07 Å². The number of rotatable bonds is 2. The van der Waals surface area contributed by atoms with Gasteiger partial charge in [-0.15, -0.1) is 11.3 Å². The normalized spacial score (nSPS) is 10.3. The predicted molar refractivity (Wildman–Crippen MR) is 74.4 cm³/mol. The summed E-state index contributed by atoms with van der Waals surface area (Å²) >= 11 is 1.41. The second-order valence-electron chi connectivity index (χ2n) is 4.39. The molecule has 1 N–H and O–H groups in total. The van der Waals surface area contributed by atoms with Gasteiger partial charge in [0.15, 0.2) is 5.69 Å². The van der Waals surface area contributed by atoms with Crippen LogP contribution in [0.1, 0.15) is 32.1 Å². The third kappa shape index (κ3) is 2.37. The van der Waals surface area contributed by atoms with Crippen molar-refractivity contribution < 1.29 is 4.79 Å². The highest BCUT2D eigenvalue weighted by Crippen LogP contribution is 2.31. The fourth-order valence-corrected chi connectivity index (χ4v) is 2.85.